The average molecular weight is 278 g/mol. The molecule has 1 aliphatic rings. The first-order valence-corrected chi connectivity index (χ1v) is 7.37. The van der Waals surface area contributed by atoms with E-state index in [1.807, 2.05) is 18.0 Å². The molecular weight excluding hydrogens is 252 g/mol. The molecule has 1 aliphatic heterocycles. The summed E-state index contributed by atoms with van der Waals surface area (Å²) in [7, 11) is 6.00. The van der Waals surface area contributed by atoms with Crippen LogP contribution in [0.4, 0.5) is 0 Å². The summed E-state index contributed by atoms with van der Waals surface area (Å²) >= 11 is 0. The highest BCUT2D eigenvalue weighted by Crippen LogP contribution is 2.17. The summed E-state index contributed by atoms with van der Waals surface area (Å²) < 4.78 is 1.73. The first kappa shape index (κ1) is 15.0. The minimum absolute atomic E-state index is 0.111. The number of likely N-dealkylation sites (N-methyl/N-ethyl adjacent to an activating group) is 1. The third kappa shape index (κ3) is 3.20. The Balaban J connectivity index is 2.08. The van der Waals surface area contributed by atoms with Crippen LogP contribution in [0.3, 0.4) is 0 Å². The van der Waals surface area contributed by atoms with E-state index in [0.717, 1.165) is 31.6 Å². The molecule has 0 bridgehead atoms. The lowest BCUT2D eigenvalue weighted by molar-refractivity contribution is 0.0772. The Kier molecular flexibility index (Phi) is 4.48. The second-order valence-electron chi connectivity index (χ2n) is 6.40. The zero-order valence-electron chi connectivity index (χ0n) is 13.3. The van der Waals surface area contributed by atoms with Gasteiger partial charge in [0.05, 0.1) is 5.69 Å². The number of aryl methyl sites for hydroxylation is 1. The van der Waals surface area contributed by atoms with Crippen LogP contribution < -0.4 is 0 Å². The predicted octanol–water partition coefficient (Wildman–Crippen LogP) is 1.39. The number of hydrogen-bond donors (Lipinski definition) is 0. The van der Waals surface area contributed by atoms with Crippen LogP contribution in [0.15, 0.2) is 6.07 Å². The standard InChI is InChI=1S/C15H26N4O/c1-11(2)8-12-9-14(18(5)16-12)15(20)19-7-6-13(10-19)17(3)4/h9,11,13H,6-8,10H2,1-5H3. The number of aromatic nitrogens is 2. The van der Waals surface area contributed by atoms with E-state index in [2.05, 4.69) is 37.9 Å². The maximum absolute atomic E-state index is 12.6. The number of nitrogens with zero attached hydrogens (tertiary/aromatic N) is 4. The predicted molar refractivity (Wildman–Crippen MR) is 79.7 cm³/mol. The van der Waals surface area contributed by atoms with Gasteiger partial charge in [0.2, 0.25) is 0 Å². The molecule has 0 radical (unpaired) electrons. The van der Waals surface area contributed by atoms with Gasteiger partial charge in [0.25, 0.3) is 5.91 Å². The van der Waals surface area contributed by atoms with Gasteiger partial charge in [0.15, 0.2) is 0 Å². The van der Waals surface area contributed by atoms with Crippen molar-refractivity contribution >= 4 is 5.91 Å². The summed E-state index contributed by atoms with van der Waals surface area (Å²) in [5, 5.41) is 4.46. The van der Waals surface area contributed by atoms with Crippen molar-refractivity contribution in [3.05, 3.63) is 17.5 Å². The summed E-state index contributed by atoms with van der Waals surface area (Å²) in [5.74, 6) is 0.664. The van der Waals surface area contributed by atoms with E-state index in [1.165, 1.54) is 0 Å². The molecule has 5 heteroatoms. The molecule has 1 unspecified atom stereocenters. The summed E-state index contributed by atoms with van der Waals surface area (Å²) in [4.78, 5) is 16.7. The van der Waals surface area contributed by atoms with Crippen molar-refractivity contribution in [2.24, 2.45) is 13.0 Å². The van der Waals surface area contributed by atoms with Crippen molar-refractivity contribution in [1.82, 2.24) is 19.6 Å². The SMILES string of the molecule is CC(C)Cc1cc(C(=O)N2CCC(N(C)C)C2)n(C)n1. The van der Waals surface area contributed by atoms with Crippen molar-refractivity contribution in [1.29, 1.82) is 0 Å². The first-order chi connectivity index (χ1) is 9.38. The third-order valence-electron chi connectivity index (χ3n) is 3.95. The van der Waals surface area contributed by atoms with Crippen molar-refractivity contribution in [2.45, 2.75) is 32.7 Å². The second kappa shape index (κ2) is 5.95. The van der Waals surface area contributed by atoms with Crippen LogP contribution in [-0.2, 0) is 13.5 Å². The maximum Gasteiger partial charge on any atom is 0.272 e. The Hall–Kier alpha value is -1.36. The number of carbonyl (C=O) groups excluding carboxylic acids is 1. The molecule has 2 heterocycles. The first-order valence-electron chi connectivity index (χ1n) is 7.37. The van der Waals surface area contributed by atoms with Crippen LogP contribution in [0, 0.1) is 5.92 Å². The zero-order valence-corrected chi connectivity index (χ0v) is 13.3. The fourth-order valence-electron chi connectivity index (χ4n) is 2.75. The van der Waals surface area contributed by atoms with Gasteiger partial charge in [-0.05, 0) is 38.9 Å². The van der Waals surface area contributed by atoms with E-state index in [4.69, 9.17) is 0 Å². The Morgan fingerprint density at radius 1 is 1.50 bits per heavy atom. The smallest absolute Gasteiger partial charge is 0.272 e. The highest BCUT2D eigenvalue weighted by molar-refractivity contribution is 5.93. The summed E-state index contributed by atoms with van der Waals surface area (Å²) in [5.41, 5.74) is 1.72. The number of hydrogen-bond acceptors (Lipinski definition) is 3. The second-order valence-corrected chi connectivity index (χ2v) is 6.40. The monoisotopic (exact) mass is 278 g/mol. The van der Waals surface area contributed by atoms with E-state index in [0.29, 0.717) is 17.7 Å². The molecular formula is C15H26N4O. The van der Waals surface area contributed by atoms with Crippen molar-refractivity contribution in [3.63, 3.8) is 0 Å². The van der Waals surface area contributed by atoms with Gasteiger partial charge in [0, 0.05) is 26.2 Å². The summed E-state index contributed by atoms with van der Waals surface area (Å²) in [6, 6.07) is 2.42. The topological polar surface area (TPSA) is 41.4 Å². The normalized spacial score (nSPS) is 19.4. The molecule has 112 valence electrons. The van der Waals surface area contributed by atoms with Gasteiger partial charge in [-0.25, -0.2) is 0 Å². The summed E-state index contributed by atoms with van der Waals surface area (Å²) in [6.45, 7) is 5.99. The largest absolute Gasteiger partial charge is 0.336 e. The molecule has 1 atom stereocenters. The fourth-order valence-corrected chi connectivity index (χ4v) is 2.75. The van der Waals surface area contributed by atoms with E-state index in [-0.39, 0.29) is 5.91 Å². The fraction of sp³-hybridized carbons (Fsp3) is 0.733. The van der Waals surface area contributed by atoms with E-state index in [1.54, 1.807) is 4.68 Å². The minimum atomic E-state index is 0.111. The van der Waals surface area contributed by atoms with Gasteiger partial charge >= 0.3 is 0 Å². The lowest BCUT2D eigenvalue weighted by Crippen LogP contribution is -2.35. The Labute approximate surface area is 121 Å². The Bertz CT molecular complexity index is 478. The molecule has 1 amide bonds. The van der Waals surface area contributed by atoms with Gasteiger partial charge < -0.3 is 9.80 Å². The molecule has 1 aromatic rings. The van der Waals surface area contributed by atoms with Gasteiger partial charge in [-0.3, -0.25) is 9.48 Å². The molecule has 2 rings (SSSR count). The van der Waals surface area contributed by atoms with Crippen LogP contribution in [-0.4, -0.2) is 58.7 Å². The Morgan fingerprint density at radius 2 is 2.20 bits per heavy atom. The van der Waals surface area contributed by atoms with E-state index >= 15 is 0 Å². The van der Waals surface area contributed by atoms with E-state index < -0.39 is 0 Å². The lowest BCUT2D eigenvalue weighted by atomic mass is 10.1. The molecule has 0 saturated carbocycles. The highest BCUT2D eigenvalue weighted by atomic mass is 16.2. The van der Waals surface area contributed by atoms with Crippen LogP contribution in [0.25, 0.3) is 0 Å². The van der Waals surface area contributed by atoms with E-state index in [9.17, 15) is 4.79 Å². The van der Waals surface area contributed by atoms with Gasteiger partial charge in [-0.2, -0.15) is 5.10 Å². The highest BCUT2D eigenvalue weighted by Gasteiger charge is 2.29. The molecule has 1 aromatic heterocycles. The van der Waals surface area contributed by atoms with Crippen molar-refractivity contribution in [3.8, 4) is 0 Å². The van der Waals surface area contributed by atoms with Gasteiger partial charge in [-0.1, -0.05) is 13.8 Å². The van der Waals surface area contributed by atoms with Crippen LogP contribution in [0.2, 0.25) is 0 Å². The van der Waals surface area contributed by atoms with Crippen LogP contribution >= 0.6 is 0 Å². The lowest BCUT2D eigenvalue weighted by Gasteiger charge is -2.20. The minimum Gasteiger partial charge on any atom is -0.336 e. The Morgan fingerprint density at radius 3 is 2.75 bits per heavy atom. The molecule has 5 nitrogen and oxygen atoms in total. The summed E-state index contributed by atoms with van der Waals surface area (Å²) in [6.07, 6.45) is 1.97. The zero-order chi connectivity index (χ0) is 14.9. The molecule has 0 aromatic carbocycles. The van der Waals surface area contributed by atoms with Crippen molar-refractivity contribution in [2.75, 3.05) is 27.2 Å². The van der Waals surface area contributed by atoms with Crippen LogP contribution in [0.1, 0.15) is 36.5 Å². The molecule has 20 heavy (non-hydrogen) atoms. The van der Waals surface area contributed by atoms with Crippen LogP contribution in [0.5, 0.6) is 0 Å². The molecule has 0 spiro atoms. The molecule has 1 saturated heterocycles. The maximum atomic E-state index is 12.6. The van der Waals surface area contributed by atoms with Crippen molar-refractivity contribution < 1.29 is 4.79 Å². The van der Waals surface area contributed by atoms with Gasteiger partial charge in [0.1, 0.15) is 5.69 Å². The number of amides is 1. The molecule has 0 N–H and O–H groups in total. The average Bonchev–Trinajstić information content (AvgIpc) is 2.94. The van der Waals surface area contributed by atoms with Gasteiger partial charge in [-0.15, -0.1) is 0 Å². The third-order valence-corrected chi connectivity index (χ3v) is 3.95. The molecule has 1 fully saturated rings. The number of rotatable bonds is 4. The number of carbonyl (C=O) groups is 1. The molecule has 0 aliphatic carbocycles. The quantitative estimate of drug-likeness (QED) is 0.836. The number of likely N-dealkylation sites (tertiary alicyclic amines) is 1.